The standard InChI is InChI=1S/C10H14N2O3/c1-12-9(10(13)14)6-8(11-12)7-2-4-15-5-3-7/h6-7H,2-5H2,1H3,(H,13,14). The minimum atomic E-state index is -0.927. The number of carboxylic acid groups (broad SMARTS) is 1. The molecule has 1 aromatic heterocycles. The van der Waals surface area contributed by atoms with Crippen LogP contribution in [0.15, 0.2) is 6.07 Å². The van der Waals surface area contributed by atoms with Gasteiger partial charge >= 0.3 is 5.97 Å². The van der Waals surface area contributed by atoms with Crippen molar-refractivity contribution >= 4 is 5.97 Å². The van der Waals surface area contributed by atoms with Crippen LogP contribution in [0.1, 0.15) is 34.9 Å². The Morgan fingerprint density at radius 2 is 2.27 bits per heavy atom. The molecule has 0 aliphatic carbocycles. The topological polar surface area (TPSA) is 64.4 Å². The molecule has 82 valence electrons. The van der Waals surface area contributed by atoms with Gasteiger partial charge in [-0.25, -0.2) is 4.79 Å². The highest BCUT2D eigenvalue weighted by Gasteiger charge is 2.21. The summed E-state index contributed by atoms with van der Waals surface area (Å²) in [5.74, 6) is -0.582. The van der Waals surface area contributed by atoms with Crippen molar-refractivity contribution in [3.63, 3.8) is 0 Å². The quantitative estimate of drug-likeness (QED) is 0.791. The molecule has 0 unspecified atom stereocenters. The highest BCUT2D eigenvalue weighted by atomic mass is 16.5. The average molecular weight is 210 g/mol. The van der Waals surface area contributed by atoms with E-state index in [1.807, 2.05) is 0 Å². The molecule has 1 saturated heterocycles. The van der Waals surface area contributed by atoms with E-state index >= 15 is 0 Å². The summed E-state index contributed by atoms with van der Waals surface area (Å²) >= 11 is 0. The molecule has 0 spiro atoms. The second kappa shape index (κ2) is 4.02. The SMILES string of the molecule is Cn1nc(C2CCOCC2)cc1C(=O)O. The molecule has 5 heteroatoms. The van der Waals surface area contributed by atoms with Crippen molar-refractivity contribution < 1.29 is 14.6 Å². The maximum Gasteiger partial charge on any atom is 0.354 e. The van der Waals surface area contributed by atoms with E-state index in [4.69, 9.17) is 9.84 Å². The van der Waals surface area contributed by atoms with Crippen molar-refractivity contribution in [3.8, 4) is 0 Å². The molecule has 1 aliphatic rings. The lowest BCUT2D eigenvalue weighted by Crippen LogP contribution is -2.14. The predicted octanol–water partition coefficient (Wildman–Crippen LogP) is 1.01. The first-order valence-electron chi connectivity index (χ1n) is 5.03. The Kier molecular flexibility index (Phi) is 2.73. The van der Waals surface area contributed by atoms with Gasteiger partial charge in [0.25, 0.3) is 0 Å². The molecular weight excluding hydrogens is 196 g/mol. The molecule has 2 heterocycles. The van der Waals surface area contributed by atoms with Crippen molar-refractivity contribution in [2.24, 2.45) is 7.05 Å². The van der Waals surface area contributed by atoms with E-state index in [0.29, 0.717) is 5.92 Å². The summed E-state index contributed by atoms with van der Waals surface area (Å²) < 4.78 is 6.68. The van der Waals surface area contributed by atoms with Gasteiger partial charge in [-0.05, 0) is 18.9 Å². The second-order valence-corrected chi connectivity index (χ2v) is 3.77. The summed E-state index contributed by atoms with van der Waals surface area (Å²) in [4.78, 5) is 10.8. The van der Waals surface area contributed by atoms with E-state index in [-0.39, 0.29) is 5.69 Å². The van der Waals surface area contributed by atoms with Gasteiger partial charge in [-0.1, -0.05) is 0 Å². The second-order valence-electron chi connectivity index (χ2n) is 3.77. The van der Waals surface area contributed by atoms with Crippen LogP contribution in [0.4, 0.5) is 0 Å². The normalized spacial score (nSPS) is 17.9. The molecule has 1 N–H and O–H groups in total. The van der Waals surface area contributed by atoms with Crippen LogP contribution in [0.5, 0.6) is 0 Å². The number of aromatic nitrogens is 2. The third-order valence-electron chi connectivity index (χ3n) is 2.76. The average Bonchev–Trinajstić information content (AvgIpc) is 2.62. The molecule has 15 heavy (non-hydrogen) atoms. The monoisotopic (exact) mass is 210 g/mol. The molecule has 0 bridgehead atoms. The maximum absolute atomic E-state index is 10.8. The fraction of sp³-hybridized carbons (Fsp3) is 0.600. The summed E-state index contributed by atoms with van der Waals surface area (Å²) in [5.41, 5.74) is 1.12. The predicted molar refractivity (Wildman–Crippen MR) is 53.0 cm³/mol. The fourth-order valence-corrected chi connectivity index (χ4v) is 1.88. The van der Waals surface area contributed by atoms with Crippen molar-refractivity contribution in [1.82, 2.24) is 9.78 Å². The summed E-state index contributed by atoms with van der Waals surface area (Å²) in [7, 11) is 1.66. The number of nitrogens with zero attached hydrogens (tertiary/aromatic N) is 2. The van der Waals surface area contributed by atoms with Gasteiger partial charge in [0.1, 0.15) is 5.69 Å². The third-order valence-corrected chi connectivity index (χ3v) is 2.76. The van der Waals surface area contributed by atoms with E-state index in [2.05, 4.69) is 5.10 Å². The molecule has 0 amide bonds. The molecule has 0 atom stereocenters. The zero-order valence-corrected chi connectivity index (χ0v) is 8.64. The zero-order valence-electron chi connectivity index (χ0n) is 8.64. The van der Waals surface area contributed by atoms with Crippen molar-refractivity contribution in [2.45, 2.75) is 18.8 Å². The van der Waals surface area contributed by atoms with Crippen LogP contribution < -0.4 is 0 Å². The first-order valence-corrected chi connectivity index (χ1v) is 5.03. The van der Waals surface area contributed by atoms with E-state index in [9.17, 15) is 4.79 Å². The number of carbonyl (C=O) groups is 1. The minimum absolute atomic E-state index is 0.247. The molecule has 1 fully saturated rings. The number of hydrogen-bond donors (Lipinski definition) is 1. The Hall–Kier alpha value is -1.36. The first kappa shape index (κ1) is 10.2. The summed E-state index contributed by atoms with van der Waals surface area (Å²) in [6.45, 7) is 1.48. The molecule has 1 aliphatic heterocycles. The van der Waals surface area contributed by atoms with Crippen molar-refractivity contribution in [2.75, 3.05) is 13.2 Å². The van der Waals surface area contributed by atoms with Gasteiger partial charge in [0, 0.05) is 26.2 Å². The van der Waals surface area contributed by atoms with Gasteiger partial charge in [0.15, 0.2) is 0 Å². The highest BCUT2D eigenvalue weighted by Crippen LogP contribution is 2.26. The lowest BCUT2D eigenvalue weighted by atomic mass is 9.96. The number of aryl methyl sites for hydroxylation is 1. The molecule has 5 nitrogen and oxygen atoms in total. The van der Waals surface area contributed by atoms with Gasteiger partial charge in [-0.2, -0.15) is 5.10 Å². The Morgan fingerprint density at radius 1 is 1.60 bits per heavy atom. The number of rotatable bonds is 2. The Balaban J connectivity index is 2.21. The van der Waals surface area contributed by atoms with E-state index in [1.54, 1.807) is 13.1 Å². The van der Waals surface area contributed by atoms with Crippen LogP contribution in [0.25, 0.3) is 0 Å². The van der Waals surface area contributed by atoms with Gasteiger partial charge in [0.2, 0.25) is 0 Å². The molecule has 0 aromatic carbocycles. The van der Waals surface area contributed by atoms with Gasteiger partial charge < -0.3 is 9.84 Å². The van der Waals surface area contributed by atoms with Crippen LogP contribution in [-0.4, -0.2) is 34.1 Å². The molecule has 2 rings (SSSR count). The lowest BCUT2D eigenvalue weighted by Gasteiger charge is -2.19. The molecule has 1 aromatic rings. The van der Waals surface area contributed by atoms with Crippen molar-refractivity contribution in [3.05, 3.63) is 17.5 Å². The van der Waals surface area contributed by atoms with Crippen LogP contribution in [0.3, 0.4) is 0 Å². The van der Waals surface area contributed by atoms with Crippen LogP contribution in [-0.2, 0) is 11.8 Å². The largest absolute Gasteiger partial charge is 0.477 e. The van der Waals surface area contributed by atoms with Crippen molar-refractivity contribution in [1.29, 1.82) is 0 Å². The zero-order chi connectivity index (χ0) is 10.8. The number of aromatic carboxylic acids is 1. The van der Waals surface area contributed by atoms with E-state index in [0.717, 1.165) is 31.7 Å². The molecule has 0 saturated carbocycles. The van der Waals surface area contributed by atoms with Crippen LogP contribution in [0.2, 0.25) is 0 Å². The number of ether oxygens (including phenoxy) is 1. The number of hydrogen-bond acceptors (Lipinski definition) is 3. The van der Waals surface area contributed by atoms with Gasteiger partial charge in [0.05, 0.1) is 5.69 Å². The highest BCUT2D eigenvalue weighted by molar-refractivity contribution is 5.85. The summed E-state index contributed by atoms with van der Waals surface area (Å²) in [5, 5.41) is 13.1. The Labute approximate surface area is 87.7 Å². The van der Waals surface area contributed by atoms with E-state index < -0.39 is 5.97 Å². The van der Waals surface area contributed by atoms with Crippen LogP contribution in [0, 0.1) is 0 Å². The Bertz CT molecular complexity index is 367. The third kappa shape index (κ3) is 2.02. The van der Waals surface area contributed by atoms with Gasteiger partial charge in [-0.3, -0.25) is 4.68 Å². The fourth-order valence-electron chi connectivity index (χ4n) is 1.88. The lowest BCUT2D eigenvalue weighted by molar-refractivity contribution is 0.0685. The minimum Gasteiger partial charge on any atom is -0.477 e. The summed E-state index contributed by atoms with van der Waals surface area (Å²) in [6.07, 6.45) is 1.85. The van der Waals surface area contributed by atoms with Crippen LogP contribution >= 0.6 is 0 Å². The van der Waals surface area contributed by atoms with Gasteiger partial charge in [-0.15, -0.1) is 0 Å². The Morgan fingerprint density at radius 3 is 2.80 bits per heavy atom. The summed E-state index contributed by atoms with van der Waals surface area (Å²) in [6, 6.07) is 1.66. The number of carboxylic acids is 1. The van der Waals surface area contributed by atoms with E-state index in [1.165, 1.54) is 4.68 Å². The molecule has 0 radical (unpaired) electrons. The first-order chi connectivity index (χ1) is 7.18. The molecular formula is C10H14N2O3. The smallest absolute Gasteiger partial charge is 0.354 e. The maximum atomic E-state index is 10.8.